The van der Waals surface area contributed by atoms with Gasteiger partial charge < -0.3 is 20.4 Å². The average molecular weight is 414 g/mol. The van der Waals surface area contributed by atoms with Gasteiger partial charge in [0, 0.05) is 22.3 Å². The molecule has 8 heteroatoms. The van der Waals surface area contributed by atoms with E-state index in [1.807, 2.05) is 30.3 Å². The zero-order valence-corrected chi connectivity index (χ0v) is 16.5. The number of hydrogen-bond donors (Lipinski definition) is 3. The third kappa shape index (κ3) is 5.36. The van der Waals surface area contributed by atoms with Crippen LogP contribution in [-0.2, 0) is 20.7 Å². The molecule has 3 N–H and O–H groups in total. The standard InChI is InChI=1S/C21H20ClN3O4/c1-29-19(26)12-23-20(27)17(9-13-5-3-2-4-6-13)25-21(28)18-11-14-10-15(22)7-8-16(14)24-18/h2-8,10-11,17,24H,9,12H2,1H3,(H,23,27)(H,25,28)/t17-/m0/s1. The van der Waals surface area contributed by atoms with Crippen LogP contribution in [0.25, 0.3) is 10.9 Å². The van der Waals surface area contributed by atoms with Crippen molar-refractivity contribution in [2.75, 3.05) is 13.7 Å². The van der Waals surface area contributed by atoms with Crippen molar-refractivity contribution in [3.63, 3.8) is 0 Å². The van der Waals surface area contributed by atoms with E-state index in [-0.39, 0.29) is 13.0 Å². The Bertz CT molecular complexity index is 1030. The number of methoxy groups -OCH3 is 1. The molecule has 0 aliphatic rings. The number of nitrogens with one attached hydrogen (secondary N) is 3. The van der Waals surface area contributed by atoms with Crippen molar-refractivity contribution in [1.82, 2.24) is 15.6 Å². The monoisotopic (exact) mass is 413 g/mol. The van der Waals surface area contributed by atoms with Crippen molar-refractivity contribution in [2.24, 2.45) is 0 Å². The smallest absolute Gasteiger partial charge is 0.325 e. The lowest BCUT2D eigenvalue weighted by atomic mass is 10.0. The van der Waals surface area contributed by atoms with Gasteiger partial charge in [0.15, 0.2) is 0 Å². The molecule has 1 atom stereocenters. The minimum atomic E-state index is -0.871. The molecule has 0 spiro atoms. The number of ether oxygens (including phenoxy) is 1. The molecule has 2 aromatic carbocycles. The fourth-order valence-corrected chi connectivity index (χ4v) is 3.06. The molecule has 0 fully saturated rings. The lowest BCUT2D eigenvalue weighted by molar-refractivity contribution is -0.141. The first kappa shape index (κ1) is 20.4. The molecule has 1 aromatic heterocycles. The maximum Gasteiger partial charge on any atom is 0.325 e. The lowest BCUT2D eigenvalue weighted by Crippen LogP contribution is -2.49. The van der Waals surface area contributed by atoms with Crippen LogP contribution in [0.15, 0.2) is 54.6 Å². The van der Waals surface area contributed by atoms with Gasteiger partial charge in [-0.05, 0) is 29.8 Å². The number of benzene rings is 2. The predicted octanol–water partition coefficient (Wildman–Crippen LogP) is 2.45. The van der Waals surface area contributed by atoms with Crippen molar-refractivity contribution in [3.05, 3.63) is 70.9 Å². The van der Waals surface area contributed by atoms with Crippen molar-refractivity contribution < 1.29 is 19.1 Å². The Morgan fingerprint density at radius 3 is 2.59 bits per heavy atom. The number of aromatic nitrogens is 1. The Kier molecular flexibility index (Phi) is 6.51. The fourth-order valence-electron chi connectivity index (χ4n) is 2.88. The third-order valence-corrected chi connectivity index (χ3v) is 4.60. The lowest BCUT2D eigenvalue weighted by Gasteiger charge is -2.18. The molecular weight excluding hydrogens is 394 g/mol. The summed E-state index contributed by atoms with van der Waals surface area (Å²) in [5, 5.41) is 6.57. The summed E-state index contributed by atoms with van der Waals surface area (Å²) < 4.78 is 4.54. The molecule has 0 unspecified atom stereocenters. The summed E-state index contributed by atoms with van der Waals surface area (Å²) in [7, 11) is 1.24. The topological polar surface area (TPSA) is 100 Å². The summed E-state index contributed by atoms with van der Waals surface area (Å²) in [5.41, 5.74) is 1.94. The summed E-state index contributed by atoms with van der Waals surface area (Å²) in [6.07, 6.45) is 0.269. The number of fused-ring (bicyclic) bond motifs is 1. The van der Waals surface area contributed by atoms with E-state index in [0.717, 1.165) is 16.5 Å². The van der Waals surface area contributed by atoms with E-state index in [2.05, 4.69) is 20.4 Å². The minimum Gasteiger partial charge on any atom is -0.468 e. The molecule has 0 saturated carbocycles. The average Bonchev–Trinajstić information content (AvgIpc) is 3.15. The molecule has 0 aliphatic carbocycles. The Morgan fingerprint density at radius 1 is 1.10 bits per heavy atom. The van der Waals surface area contributed by atoms with Gasteiger partial charge >= 0.3 is 5.97 Å². The zero-order chi connectivity index (χ0) is 20.8. The molecular formula is C21H20ClN3O4. The van der Waals surface area contributed by atoms with E-state index in [0.29, 0.717) is 10.7 Å². The second-order valence-electron chi connectivity index (χ2n) is 6.42. The highest BCUT2D eigenvalue weighted by atomic mass is 35.5. The van der Waals surface area contributed by atoms with Crippen LogP contribution in [0.5, 0.6) is 0 Å². The molecule has 3 aromatic rings. The molecule has 1 heterocycles. The predicted molar refractivity (Wildman–Crippen MR) is 110 cm³/mol. The van der Waals surface area contributed by atoms with Gasteiger partial charge in [-0.25, -0.2) is 0 Å². The molecule has 7 nitrogen and oxygen atoms in total. The summed E-state index contributed by atoms with van der Waals surface area (Å²) in [6.45, 7) is -0.276. The highest BCUT2D eigenvalue weighted by Gasteiger charge is 2.23. The Labute approximate surface area is 172 Å². The molecule has 150 valence electrons. The van der Waals surface area contributed by atoms with Crippen LogP contribution in [0.1, 0.15) is 16.1 Å². The first-order valence-electron chi connectivity index (χ1n) is 8.94. The summed E-state index contributed by atoms with van der Waals surface area (Å²) in [6, 6.07) is 15.3. The van der Waals surface area contributed by atoms with Gasteiger partial charge in [-0.2, -0.15) is 0 Å². The van der Waals surface area contributed by atoms with Crippen molar-refractivity contribution in [1.29, 1.82) is 0 Å². The normalized spacial score (nSPS) is 11.7. The second-order valence-corrected chi connectivity index (χ2v) is 6.86. The fraction of sp³-hybridized carbons (Fsp3) is 0.190. The SMILES string of the molecule is COC(=O)CNC(=O)[C@H](Cc1ccccc1)NC(=O)c1cc2cc(Cl)ccc2[nH]1. The van der Waals surface area contributed by atoms with Crippen molar-refractivity contribution in [3.8, 4) is 0 Å². The number of amides is 2. The summed E-state index contributed by atoms with van der Waals surface area (Å²) in [4.78, 5) is 39.7. The van der Waals surface area contributed by atoms with Gasteiger partial charge in [0.1, 0.15) is 18.3 Å². The van der Waals surface area contributed by atoms with Gasteiger partial charge in [0.2, 0.25) is 5.91 Å². The first-order valence-corrected chi connectivity index (χ1v) is 9.31. The van der Waals surface area contributed by atoms with Crippen LogP contribution in [-0.4, -0.2) is 42.5 Å². The molecule has 2 amide bonds. The Morgan fingerprint density at radius 2 is 1.86 bits per heavy atom. The molecule has 29 heavy (non-hydrogen) atoms. The third-order valence-electron chi connectivity index (χ3n) is 4.37. The van der Waals surface area contributed by atoms with E-state index in [1.54, 1.807) is 24.3 Å². The van der Waals surface area contributed by atoms with E-state index >= 15 is 0 Å². The van der Waals surface area contributed by atoms with Gasteiger partial charge in [0.25, 0.3) is 5.91 Å². The van der Waals surface area contributed by atoms with Crippen LogP contribution in [0.4, 0.5) is 0 Å². The van der Waals surface area contributed by atoms with Crippen molar-refractivity contribution >= 4 is 40.3 Å². The maximum atomic E-state index is 12.8. The minimum absolute atomic E-state index is 0.269. The largest absolute Gasteiger partial charge is 0.468 e. The van der Waals surface area contributed by atoms with Gasteiger partial charge in [-0.1, -0.05) is 41.9 Å². The number of aromatic amines is 1. The summed E-state index contributed by atoms with van der Waals surface area (Å²) in [5.74, 6) is -1.49. The van der Waals surface area contributed by atoms with Crippen LogP contribution in [0.2, 0.25) is 5.02 Å². The quantitative estimate of drug-likeness (QED) is 0.518. The Balaban J connectivity index is 1.77. The van der Waals surface area contributed by atoms with Crippen molar-refractivity contribution in [2.45, 2.75) is 12.5 Å². The van der Waals surface area contributed by atoms with Gasteiger partial charge in [-0.3, -0.25) is 14.4 Å². The number of halogens is 1. The highest BCUT2D eigenvalue weighted by Crippen LogP contribution is 2.20. The number of carbonyl (C=O) groups excluding carboxylic acids is 3. The maximum absolute atomic E-state index is 12.8. The van der Waals surface area contributed by atoms with E-state index in [1.165, 1.54) is 7.11 Å². The number of esters is 1. The second kappa shape index (κ2) is 9.25. The highest BCUT2D eigenvalue weighted by molar-refractivity contribution is 6.31. The van der Waals surface area contributed by atoms with Crippen LogP contribution in [0, 0.1) is 0 Å². The summed E-state index contributed by atoms with van der Waals surface area (Å²) >= 11 is 5.99. The van der Waals surface area contributed by atoms with Crippen LogP contribution >= 0.6 is 11.6 Å². The molecule has 3 rings (SSSR count). The van der Waals surface area contributed by atoms with Gasteiger partial charge in [0.05, 0.1) is 7.11 Å². The van der Waals surface area contributed by atoms with E-state index in [9.17, 15) is 14.4 Å². The Hall–Kier alpha value is -3.32. The van der Waals surface area contributed by atoms with Crippen LogP contribution in [0.3, 0.4) is 0 Å². The zero-order valence-electron chi connectivity index (χ0n) is 15.7. The molecule has 0 radical (unpaired) electrons. The molecule has 0 saturated heterocycles. The molecule has 0 bridgehead atoms. The first-order chi connectivity index (χ1) is 14.0. The van der Waals surface area contributed by atoms with E-state index < -0.39 is 23.8 Å². The number of rotatable bonds is 7. The number of hydrogen-bond acceptors (Lipinski definition) is 4. The number of carbonyl (C=O) groups is 3. The molecule has 0 aliphatic heterocycles. The van der Waals surface area contributed by atoms with E-state index in [4.69, 9.17) is 11.6 Å². The van der Waals surface area contributed by atoms with Gasteiger partial charge in [-0.15, -0.1) is 0 Å². The van der Waals surface area contributed by atoms with Crippen LogP contribution < -0.4 is 10.6 Å². The number of H-pyrrole nitrogens is 1.